The van der Waals surface area contributed by atoms with E-state index < -0.39 is 0 Å². The van der Waals surface area contributed by atoms with Crippen LogP contribution in [0.1, 0.15) is 43.4 Å². The molecule has 1 fully saturated rings. The molecule has 1 atom stereocenters. The number of phenols is 1. The number of likely N-dealkylation sites (tertiary alicyclic amines) is 1. The minimum atomic E-state index is -0.283. The Morgan fingerprint density at radius 2 is 1.93 bits per heavy atom. The van der Waals surface area contributed by atoms with E-state index in [1.54, 1.807) is 12.1 Å². The second-order valence-corrected chi connectivity index (χ2v) is 7.93. The summed E-state index contributed by atoms with van der Waals surface area (Å²) < 4.78 is 0. The molecule has 4 rings (SSSR count). The summed E-state index contributed by atoms with van der Waals surface area (Å²) in [5.74, 6) is 0.285. The molecule has 0 aliphatic carbocycles. The van der Waals surface area contributed by atoms with E-state index in [0.29, 0.717) is 5.02 Å². The third-order valence-electron chi connectivity index (χ3n) is 5.79. The Morgan fingerprint density at radius 1 is 1.19 bits per heavy atom. The molecule has 0 bridgehead atoms. The van der Waals surface area contributed by atoms with E-state index in [1.807, 2.05) is 12.1 Å². The van der Waals surface area contributed by atoms with E-state index in [0.717, 1.165) is 55.7 Å². The highest BCUT2D eigenvalue weighted by Gasteiger charge is 2.40. The van der Waals surface area contributed by atoms with Crippen LogP contribution in [-0.4, -0.2) is 41.0 Å². The number of hydrogen-bond acceptors (Lipinski definition) is 4. The number of nitrogens with one attached hydrogen (secondary N) is 1. The number of piperidine rings is 1. The molecule has 2 aliphatic heterocycles. The molecule has 4 nitrogen and oxygen atoms in total. The topological polar surface area (TPSA) is 47.9 Å². The van der Waals surface area contributed by atoms with Gasteiger partial charge >= 0.3 is 0 Å². The molecule has 1 spiro atoms. The van der Waals surface area contributed by atoms with Crippen molar-refractivity contribution in [2.45, 2.75) is 37.9 Å². The summed E-state index contributed by atoms with van der Waals surface area (Å²) in [4.78, 5) is 7.67. The van der Waals surface area contributed by atoms with Crippen LogP contribution in [0.15, 0.2) is 53.5 Å². The Morgan fingerprint density at radius 3 is 2.63 bits per heavy atom. The molecule has 27 heavy (non-hydrogen) atoms. The van der Waals surface area contributed by atoms with Crippen molar-refractivity contribution in [3.05, 3.63) is 64.7 Å². The summed E-state index contributed by atoms with van der Waals surface area (Å²) in [6.45, 7) is 5.34. The molecule has 0 unspecified atom stereocenters. The molecular formula is C22H26ClN3O. The second-order valence-electron chi connectivity index (χ2n) is 7.49. The normalized spacial score (nSPS) is 22.6. The van der Waals surface area contributed by atoms with Crippen molar-refractivity contribution in [2.75, 3.05) is 19.6 Å². The maximum Gasteiger partial charge on any atom is 0.120 e. The third-order valence-corrected chi connectivity index (χ3v) is 6.03. The number of hydrogen-bond donors (Lipinski definition) is 2. The molecule has 1 saturated heterocycles. The van der Waals surface area contributed by atoms with Crippen LogP contribution in [0.5, 0.6) is 5.75 Å². The first kappa shape index (κ1) is 18.5. The van der Waals surface area contributed by atoms with Gasteiger partial charge < -0.3 is 10.0 Å². The first-order chi connectivity index (χ1) is 13.1. The minimum Gasteiger partial charge on any atom is -0.508 e. The van der Waals surface area contributed by atoms with Gasteiger partial charge in [-0.05, 0) is 43.1 Å². The number of nitrogens with zero attached hydrogens (tertiary/aromatic N) is 2. The highest BCUT2D eigenvalue weighted by atomic mass is 35.5. The van der Waals surface area contributed by atoms with Crippen molar-refractivity contribution < 1.29 is 5.11 Å². The van der Waals surface area contributed by atoms with Crippen molar-refractivity contribution >= 4 is 17.3 Å². The number of halogens is 1. The predicted molar refractivity (Wildman–Crippen MR) is 111 cm³/mol. The van der Waals surface area contributed by atoms with Crippen LogP contribution in [0.25, 0.3) is 0 Å². The number of benzene rings is 2. The third kappa shape index (κ3) is 3.88. The fourth-order valence-electron chi connectivity index (χ4n) is 4.21. The summed E-state index contributed by atoms with van der Waals surface area (Å²) in [7, 11) is 0. The van der Waals surface area contributed by atoms with E-state index in [9.17, 15) is 5.11 Å². The molecular weight excluding hydrogens is 358 g/mol. The predicted octanol–water partition coefficient (Wildman–Crippen LogP) is 4.38. The van der Waals surface area contributed by atoms with Gasteiger partial charge in [-0.25, -0.2) is 0 Å². The van der Waals surface area contributed by atoms with Crippen LogP contribution in [-0.2, 0) is 0 Å². The Labute approximate surface area is 165 Å². The second kappa shape index (κ2) is 7.63. The largest absolute Gasteiger partial charge is 0.508 e. The van der Waals surface area contributed by atoms with Crippen LogP contribution in [0.4, 0.5) is 0 Å². The molecule has 2 aromatic carbocycles. The number of rotatable bonds is 3. The highest BCUT2D eigenvalue weighted by Crippen LogP contribution is 2.38. The zero-order valence-electron chi connectivity index (χ0n) is 15.7. The lowest BCUT2D eigenvalue weighted by Gasteiger charge is -2.45. The Hall–Kier alpha value is -1.88. The Bertz CT molecular complexity index is 829. The minimum absolute atomic E-state index is 0.00965. The Balaban J connectivity index is 1.72. The zero-order valence-corrected chi connectivity index (χ0v) is 16.4. The van der Waals surface area contributed by atoms with Gasteiger partial charge in [-0.3, -0.25) is 10.3 Å². The van der Waals surface area contributed by atoms with Crippen molar-refractivity contribution in [1.82, 2.24) is 10.2 Å². The van der Waals surface area contributed by atoms with E-state index in [-0.39, 0.29) is 17.5 Å². The number of phenolic OH excluding ortho intramolecular Hbond substituents is 1. The van der Waals surface area contributed by atoms with E-state index in [1.165, 1.54) is 0 Å². The summed E-state index contributed by atoms with van der Waals surface area (Å²) in [6, 6.07) is 15.6. The average molecular weight is 384 g/mol. The molecule has 2 aliphatic rings. The molecule has 2 aromatic rings. The van der Waals surface area contributed by atoms with Gasteiger partial charge in [-0.1, -0.05) is 48.9 Å². The van der Waals surface area contributed by atoms with Gasteiger partial charge in [0.05, 0.1) is 0 Å². The smallest absolute Gasteiger partial charge is 0.120 e. The molecule has 0 radical (unpaired) electrons. The summed E-state index contributed by atoms with van der Waals surface area (Å²) in [6.07, 6.45) is 2.67. The van der Waals surface area contributed by atoms with Gasteiger partial charge in [0.1, 0.15) is 11.4 Å². The molecule has 0 amide bonds. The van der Waals surface area contributed by atoms with Gasteiger partial charge in [0.25, 0.3) is 0 Å². The van der Waals surface area contributed by atoms with Gasteiger partial charge in [0, 0.05) is 41.8 Å². The van der Waals surface area contributed by atoms with Gasteiger partial charge in [-0.15, -0.1) is 0 Å². The molecule has 2 N–H and O–H groups in total. The highest BCUT2D eigenvalue weighted by molar-refractivity contribution is 6.30. The molecule has 0 aromatic heterocycles. The van der Waals surface area contributed by atoms with Gasteiger partial charge in [0.2, 0.25) is 0 Å². The van der Waals surface area contributed by atoms with Gasteiger partial charge in [-0.2, -0.15) is 0 Å². The van der Waals surface area contributed by atoms with Gasteiger partial charge in [0.15, 0.2) is 0 Å². The van der Waals surface area contributed by atoms with Crippen LogP contribution in [0.2, 0.25) is 5.02 Å². The summed E-state index contributed by atoms with van der Waals surface area (Å²) in [5, 5.41) is 14.9. The van der Waals surface area contributed by atoms with Crippen molar-refractivity contribution in [1.29, 1.82) is 0 Å². The first-order valence-electron chi connectivity index (χ1n) is 9.71. The van der Waals surface area contributed by atoms with Crippen molar-refractivity contribution in [3.63, 3.8) is 0 Å². The molecule has 142 valence electrons. The van der Waals surface area contributed by atoms with Crippen LogP contribution >= 0.6 is 11.6 Å². The fraction of sp³-hybridized carbons (Fsp3) is 0.409. The maximum absolute atomic E-state index is 10.5. The standard InChI is InChI=1S/C22H26ClN3O/c1-2-26-12-10-22(11-13-26)24-19(16-6-4-3-5-7-16)15-20(25-22)18-14-17(23)8-9-21(18)27/h3-9,14,20,25,27H,2,10-13,15H2,1H3/t20-/m1/s1. The fourth-order valence-corrected chi connectivity index (χ4v) is 4.39. The summed E-state index contributed by atoms with van der Waals surface area (Å²) in [5.41, 5.74) is 2.82. The first-order valence-corrected chi connectivity index (χ1v) is 10.1. The summed E-state index contributed by atoms with van der Waals surface area (Å²) >= 11 is 6.23. The number of aliphatic imine (C=N–C) groups is 1. The molecule has 2 heterocycles. The van der Waals surface area contributed by atoms with Crippen LogP contribution in [0, 0.1) is 0 Å². The van der Waals surface area contributed by atoms with Crippen molar-refractivity contribution in [2.24, 2.45) is 4.99 Å². The monoisotopic (exact) mass is 383 g/mol. The zero-order chi connectivity index (χ0) is 18.9. The lowest BCUT2D eigenvalue weighted by Crippen LogP contribution is -2.56. The quantitative estimate of drug-likeness (QED) is 0.826. The van der Waals surface area contributed by atoms with Crippen LogP contribution < -0.4 is 5.32 Å². The maximum atomic E-state index is 10.5. The van der Waals surface area contributed by atoms with E-state index in [4.69, 9.17) is 16.6 Å². The van der Waals surface area contributed by atoms with Crippen molar-refractivity contribution in [3.8, 4) is 5.75 Å². The number of aromatic hydroxyl groups is 1. The lowest BCUT2D eigenvalue weighted by molar-refractivity contribution is 0.129. The molecule has 0 saturated carbocycles. The van der Waals surface area contributed by atoms with E-state index in [2.05, 4.69) is 41.4 Å². The Kier molecular flexibility index (Phi) is 5.22. The lowest BCUT2D eigenvalue weighted by atomic mass is 9.87. The van der Waals surface area contributed by atoms with Crippen LogP contribution in [0.3, 0.4) is 0 Å². The molecule has 5 heteroatoms. The van der Waals surface area contributed by atoms with E-state index >= 15 is 0 Å². The SMILES string of the molecule is CCN1CCC2(CC1)N=C(c1ccccc1)C[C@H](c1cc(Cl)ccc1O)N2. The average Bonchev–Trinajstić information content (AvgIpc) is 2.71.